The Balaban J connectivity index is 2.69. The van der Waals surface area contributed by atoms with Crippen molar-refractivity contribution in [1.82, 2.24) is 0 Å². The summed E-state index contributed by atoms with van der Waals surface area (Å²) in [5, 5.41) is 22.3. The first kappa shape index (κ1) is 15.8. The smallest absolute Gasteiger partial charge is 0.307 e. The first-order valence-electron chi connectivity index (χ1n) is 5.66. The fourth-order valence-electron chi connectivity index (χ4n) is 1.35. The van der Waals surface area contributed by atoms with Crippen LogP contribution in [-0.4, -0.2) is 22.3 Å². The van der Waals surface area contributed by atoms with E-state index in [4.69, 9.17) is 5.11 Å². The molecule has 1 aromatic carbocycles. The normalized spacial score (nSPS) is 11.6. The predicted octanol–water partition coefficient (Wildman–Crippen LogP) is 3.03. The molecule has 0 radical (unpaired) electrons. The van der Waals surface area contributed by atoms with Gasteiger partial charge in [0.1, 0.15) is 5.03 Å². The maximum absolute atomic E-state index is 10.4. The molecule has 0 aliphatic heterocycles. The number of carboxylic acids is 1. The van der Waals surface area contributed by atoms with Crippen LogP contribution in [0.15, 0.2) is 41.6 Å². The van der Waals surface area contributed by atoms with Crippen molar-refractivity contribution in [3.63, 3.8) is 0 Å². The molecule has 0 heterocycles. The predicted molar refractivity (Wildman–Crippen MR) is 79.9 cm³/mol. The summed E-state index contributed by atoms with van der Waals surface area (Å²) in [5.41, 5.74) is 1.59. The van der Waals surface area contributed by atoms with Crippen LogP contribution in [-0.2, 0) is 4.79 Å². The van der Waals surface area contributed by atoms with E-state index in [0.717, 1.165) is 17.5 Å². The number of nitrogens with zero attached hydrogens (tertiary/aromatic N) is 1. The minimum atomic E-state index is -0.880. The zero-order valence-electron chi connectivity index (χ0n) is 10.8. The number of benzene rings is 1. The van der Waals surface area contributed by atoms with E-state index < -0.39 is 10.9 Å². The first-order chi connectivity index (χ1) is 9.51. The zero-order chi connectivity index (χ0) is 15.0. The van der Waals surface area contributed by atoms with Crippen LogP contribution in [0.1, 0.15) is 12.0 Å². The Kier molecular flexibility index (Phi) is 6.31. The van der Waals surface area contributed by atoms with Crippen molar-refractivity contribution in [2.24, 2.45) is 0 Å². The van der Waals surface area contributed by atoms with Crippen molar-refractivity contribution < 1.29 is 14.8 Å². The quantitative estimate of drug-likeness (QED) is 0.593. The SMILES string of the molecule is CS/C(=C\[N+](=O)[O-])Nc1ccc(/C=C/CC(=O)O)cc1. The van der Waals surface area contributed by atoms with Gasteiger partial charge in [-0.15, -0.1) is 11.8 Å². The second kappa shape index (κ2) is 8.00. The molecule has 0 amide bonds. The highest BCUT2D eigenvalue weighted by molar-refractivity contribution is 8.02. The lowest BCUT2D eigenvalue weighted by Gasteiger charge is -2.06. The van der Waals surface area contributed by atoms with E-state index in [1.807, 2.05) is 0 Å². The third-order valence-corrected chi connectivity index (χ3v) is 2.87. The minimum absolute atomic E-state index is 0.0256. The van der Waals surface area contributed by atoms with Gasteiger partial charge in [0.05, 0.1) is 11.3 Å². The van der Waals surface area contributed by atoms with E-state index in [1.54, 1.807) is 42.7 Å². The average molecular weight is 294 g/mol. The minimum Gasteiger partial charge on any atom is -0.481 e. The summed E-state index contributed by atoms with van der Waals surface area (Å²) in [6, 6.07) is 7.13. The molecule has 7 heteroatoms. The van der Waals surface area contributed by atoms with Gasteiger partial charge in [-0.25, -0.2) is 0 Å². The number of carbonyl (C=O) groups is 1. The number of nitro groups is 1. The van der Waals surface area contributed by atoms with Crippen LogP contribution in [0.4, 0.5) is 5.69 Å². The number of nitrogens with one attached hydrogen (secondary N) is 1. The number of thioether (sulfide) groups is 1. The van der Waals surface area contributed by atoms with Crippen LogP contribution >= 0.6 is 11.8 Å². The van der Waals surface area contributed by atoms with Gasteiger partial charge in [-0.1, -0.05) is 24.3 Å². The number of anilines is 1. The van der Waals surface area contributed by atoms with Crippen molar-refractivity contribution in [3.8, 4) is 0 Å². The van der Waals surface area contributed by atoms with Gasteiger partial charge in [0.15, 0.2) is 0 Å². The highest BCUT2D eigenvalue weighted by atomic mass is 32.2. The number of rotatable bonds is 7. The van der Waals surface area contributed by atoms with Gasteiger partial charge in [0.2, 0.25) is 0 Å². The van der Waals surface area contributed by atoms with Crippen molar-refractivity contribution in [1.29, 1.82) is 0 Å². The lowest BCUT2D eigenvalue weighted by atomic mass is 10.2. The van der Waals surface area contributed by atoms with E-state index in [2.05, 4.69) is 5.32 Å². The van der Waals surface area contributed by atoms with Crippen molar-refractivity contribution in [2.45, 2.75) is 6.42 Å². The second-order valence-electron chi connectivity index (χ2n) is 3.73. The molecule has 20 heavy (non-hydrogen) atoms. The summed E-state index contributed by atoms with van der Waals surface area (Å²) in [6.45, 7) is 0. The summed E-state index contributed by atoms with van der Waals surface area (Å²) in [6.07, 6.45) is 5.89. The molecule has 0 fully saturated rings. The fourth-order valence-corrected chi connectivity index (χ4v) is 1.76. The molecule has 0 aromatic heterocycles. The number of hydrogen-bond acceptors (Lipinski definition) is 5. The lowest BCUT2D eigenvalue weighted by molar-refractivity contribution is -0.402. The third kappa shape index (κ3) is 6.05. The van der Waals surface area contributed by atoms with Gasteiger partial charge >= 0.3 is 5.97 Å². The lowest BCUT2D eigenvalue weighted by Crippen LogP contribution is -1.98. The topological polar surface area (TPSA) is 92.5 Å². The largest absolute Gasteiger partial charge is 0.481 e. The van der Waals surface area contributed by atoms with E-state index in [9.17, 15) is 14.9 Å². The van der Waals surface area contributed by atoms with Gasteiger partial charge in [-0.05, 0) is 24.0 Å². The molecule has 0 unspecified atom stereocenters. The molecular weight excluding hydrogens is 280 g/mol. The average Bonchev–Trinajstić information content (AvgIpc) is 2.39. The van der Waals surface area contributed by atoms with Gasteiger partial charge in [-0.2, -0.15) is 0 Å². The van der Waals surface area contributed by atoms with Crippen LogP contribution in [0, 0.1) is 10.1 Å². The van der Waals surface area contributed by atoms with Crippen molar-refractivity contribution in [2.75, 3.05) is 11.6 Å². The zero-order valence-corrected chi connectivity index (χ0v) is 11.6. The Morgan fingerprint density at radius 2 is 2.10 bits per heavy atom. The van der Waals surface area contributed by atoms with Crippen LogP contribution in [0.25, 0.3) is 6.08 Å². The molecular formula is C13H14N2O4S. The Morgan fingerprint density at radius 1 is 1.45 bits per heavy atom. The van der Waals surface area contributed by atoms with Gasteiger partial charge in [0.25, 0.3) is 6.20 Å². The molecule has 0 atom stereocenters. The first-order valence-corrected chi connectivity index (χ1v) is 6.88. The summed E-state index contributed by atoms with van der Waals surface area (Å²) in [5.74, 6) is -0.880. The molecule has 0 saturated heterocycles. The number of carboxylic acid groups (broad SMARTS) is 1. The molecule has 106 valence electrons. The van der Waals surface area contributed by atoms with E-state index in [1.165, 1.54) is 11.8 Å². The Bertz CT molecular complexity index is 538. The molecule has 0 aliphatic rings. The highest BCUT2D eigenvalue weighted by Gasteiger charge is 2.01. The molecule has 0 aliphatic carbocycles. The van der Waals surface area contributed by atoms with Gasteiger partial charge < -0.3 is 10.4 Å². The Hall–Kier alpha value is -2.28. The Morgan fingerprint density at radius 3 is 2.60 bits per heavy atom. The van der Waals surface area contributed by atoms with Gasteiger partial charge in [-0.3, -0.25) is 14.9 Å². The summed E-state index contributed by atoms with van der Waals surface area (Å²) in [4.78, 5) is 20.3. The fraction of sp³-hybridized carbons (Fsp3) is 0.154. The van der Waals surface area contributed by atoms with E-state index in [0.29, 0.717) is 5.03 Å². The maximum atomic E-state index is 10.4. The van der Waals surface area contributed by atoms with Crippen LogP contribution in [0.2, 0.25) is 0 Å². The van der Waals surface area contributed by atoms with Crippen molar-refractivity contribution in [3.05, 3.63) is 57.2 Å². The molecule has 0 spiro atoms. The molecule has 6 nitrogen and oxygen atoms in total. The van der Waals surface area contributed by atoms with Gasteiger partial charge in [0, 0.05) is 5.69 Å². The Labute approximate surface area is 120 Å². The van der Waals surface area contributed by atoms with E-state index in [-0.39, 0.29) is 6.42 Å². The second-order valence-corrected chi connectivity index (χ2v) is 4.58. The molecule has 1 aromatic rings. The molecule has 0 bridgehead atoms. The molecule has 2 N–H and O–H groups in total. The summed E-state index contributed by atoms with van der Waals surface area (Å²) < 4.78 is 0. The maximum Gasteiger partial charge on any atom is 0.307 e. The number of aliphatic carboxylic acids is 1. The summed E-state index contributed by atoms with van der Waals surface area (Å²) in [7, 11) is 0. The van der Waals surface area contributed by atoms with Crippen LogP contribution < -0.4 is 5.32 Å². The molecule has 0 saturated carbocycles. The van der Waals surface area contributed by atoms with Crippen molar-refractivity contribution >= 4 is 29.5 Å². The highest BCUT2D eigenvalue weighted by Crippen LogP contribution is 2.18. The summed E-state index contributed by atoms with van der Waals surface area (Å²) >= 11 is 1.24. The van der Waals surface area contributed by atoms with E-state index >= 15 is 0 Å². The monoisotopic (exact) mass is 294 g/mol. The molecule has 1 rings (SSSR count). The van der Waals surface area contributed by atoms with Crippen LogP contribution in [0.5, 0.6) is 0 Å². The van der Waals surface area contributed by atoms with Crippen LogP contribution in [0.3, 0.4) is 0 Å². The number of hydrogen-bond donors (Lipinski definition) is 2. The third-order valence-electron chi connectivity index (χ3n) is 2.22. The standard InChI is InChI=1S/C13H14N2O4S/c1-20-12(9-15(18)19)14-11-7-5-10(6-8-11)3-2-4-13(16)17/h2-3,5-9,14H,4H2,1H3,(H,16,17)/b3-2+,12-9-.